The molecule has 12 N–H and O–H groups in total. The lowest BCUT2D eigenvalue weighted by Crippen LogP contribution is -2.06. The first-order valence-corrected chi connectivity index (χ1v) is 14.5. The first kappa shape index (κ1) is 29.4. The van der Waals surface area contributed by atoms with Crippen molar-refractivity contribution in [3.63, 3.8) is 0 Å². The minimum atomic E-state index is 0.00194. The van der Waals surface area contributed by atoms with E-state index in [-0.39, 0.29) is 35.7 Å². The summed E-state index contributed by atoms with van der Waals surface area (Å²) in [4.78, 5) is 37.6. The molecule has 0 fully saturated rings. The third kappa shape index (κ3) is 5.89. The van der Waals surface area contributed by atoms with Crippen LogP contribution in [0.2, 0.25) is 0 Å². The van der Waals surface area contributed by atoms with Crippen LogP contribution in [0, 0.1) is 0 Å². The molecule has 0 aliphatic rings. The number of benzene rings is 4. The lowest BCUT2D eigenvalue weighted by atomic mass is 9.87. The minimum absolute atomic E-state index is 0.00194. The van der Waals surface area contributed by atoms with E-state index in [1.54, 1.807) is 0 Å². The number of nitrogen functional groups attached to an aromatic ring is 6. The van der Waals surface area contributed by atoms with Crippen molar-refractivity contribution in [1.29, 1.82) is 0 Å². The Labute approximate surface area is 273 Å². The van der Waals surface area contributed by atoms with Crippen LogP contribution >= 0.6 is 0 Å². The second kappa shape index (κ2) is 11.9. The third-order valence-corrected chi connectivity index (χ3v) is 7.39. The van der Waals surface area contributed by atoms with Gasteiger partial charge in [-0.2, -0.15) is 44.9 Å². The molecule has 7 aromatic rings. The van der Waals surface area contributed by atoms with Crippen molar-refractivity contribution in [2.75, 3.05) is 34.4 Å². The maximum Gasteiger partial charge on any atom is 0.225 e. The summed E-state index contributed by atoms with van der Waals surface area (Å²) in [7, 11) is 0. The maximum atomic E-state index is 6.07. The molecule has 15 heteroatoms. The number of hydrogen-bond acceptors (Lipinski definition) is 15. The Morgan fingerprint density at radius 3 is 1.04 bits per heavy atom. The summed E-state index contributed by atoms with van der Waals surface area (Å²) in [5, 5.41) is 0. The predicted octanol–water partition coefficient (Wildman–Crippen LogP) is 3.74. The van der Waals surface area contributed by atoms with Crippen LogP contribution in [0.1, 0.15) is 0 Å². The summed E-state index contributed by atoms with van der Waals surface area (Å²) in [6.45, 7) is 0. The maximum absolute atomic E-state index is 6.07. The van der Waals surface area contributed by atoms with Crippen molar-refractivity contribution >= 4 is 35.7 Å². The van der Waals surface area contributed by atoms with Crippen molar-refractivity contribution in [3.8, 4) is 67.5 Å². The van der Waals surface area contributed by atoms with Crippen LogP contribution in [0.3, 0.4) is 0 Å². The molecule has 15 nitrogen and oxygen atoms in total. The highest BCUT2D eigenvalue weighted by molar-refractivity contribution is 5.96. The van der Waals surface area contributed by atoms with Crippen LogP contribution in [0.25, 0.3) is 67.5 Å². The molecule has 4 aromatic carbocycles. The zero-order valence-corrected chi connectivity index (χ0v) is 25.1. The largest absolute Gasteiger partial charge is 0.368 e. The van der Waals surface area contributed by atoms with Gasteiger partial charge in [0.15, 0.2) is 17.5 Å². The number of rotatable bonds is 6. The van der Waals surface area contributed by atoms with Gasteiger partial charge >= 0.3 is 0 Å². The van der Waals surface area contributed by atoms with Crippen LogP contribution in [-0.4, -0.2) is 44.9 Å². The van der Waals surface area contributed by atoms with Crippen LogP contribution in [0.4, 0.5) is 35.7 Å². The lowest BCUT2D eigenvalue weighted by Gasteiger charge is -2.18. The third-order valence-electron chi connectivity index (χ3n) is 7.39. The van der Waals surface area contributed by atoms with Gasteiger partial charge in [-0.05, 0) is 45.5 Å². The van der Waals surface area contributed by atoms with Crippen LogP contribution in [0.5, 0.6) is 0 Å². The van der Waals surface area contributed by atoms with Gasteiger partial charge < -0.3 is 34.4 Å². The first-order chi connectivity index (χ1) is 23.2. The SMILES string of the molecule is Nc1nc(N)nc(-c2ccc(-c3cc(-c4ccccc4)c(-c4nc(N)nc(N)n4)c(-c4ccc(-c5nc(N)nc(N)n5)cc4)c3)cc2)n1. The van der Waals surface area contributed by atoms with E-state index in [2.05, 4.69) is 57.0 Å². The summed E-state index contributed by atoms with van der Waals surface area (Å²) >= 11 is 0. The Kier molecular flexibility index (Phi) is 7.29. The van der Waals surface area contributed by atoms with E-state index in [0.717, 1.165) is 38.9 Å². The molecule has 0 saturated carbocycles. The van der Waals surface area contributed by atoms with Crippen LogP contribution < -0.4 is 34.4 Å². The van der Waals surface area contributed by atoms with Crippen molar-refractivity contribution in [3.05, 3.63) is 91.0 Å². The van der Waals surface area contributed by atoms with Gasteiger partial charge in [0.05, 0.1) is 0 Å². The van der Waals surface area contributed by atoms with Crippen LogP contribution in [-0.2, 0) is 0 Å². The molecule has 234 valence electrons. The van der Waals surface area contributed by atoms with Gasteiger partial charge in [0.25, 0.3) is 0 Å². The molecule has 3 aromatic heterocycles. The number of nitrogens with zero attached hydrogens (tertiary/aromatic N) is 9. The molecule has 7 rings (SSSR count). The van der Waals surface area contributed by atoms with E-state index in [9.17, 15) is 0 Å². The van der Waals surface area contributed by atoms with Gasteiger partial charge in [0.2, 0.25) is 35.7 Å². The van der Waals surface area contributed by atoms with Gasteiger partial charge in [0, 0.05) is 16.7 Å². The number of aromatic nitrogens is 9. The van der Waals surface area contributed by atoms with Crippen molar-refractivity contribution in [2.45, 2.75) is 0 Å². The van der Waals surface area contributed by atoms with Gasteiger partial charge in [-0.25, -0.2) is 0 Å². The zero-order chi connectivity index (χ0) is 33.4. The Balaban J connectivity index is 1.44. The fourth-order valence-corrected chi connectivity index (χ4v) is 5.33. The van der Waals surface area contributed by atoms with E-state index in [4.69, 9.17) is 34.4 Å². The Hall–Kier alpha value is -7.29. The molecule has 0 bridgehead atoms. The molecule has 0 saturated heterocycles. The van der Waals surface area contributed by atoms with E-state index in [0.29, 0.717) is 28.6 Å². The average molecular weight is 634 g/mol. The normalized spacial score (nSPS) is 11.0. The fraction of sp³-hybridized carbons (Fsp3) is 0. The number of nitrogens with two attached hydrogens (primary N) is 6. The fourth-order valence-electron chi connectivity index (χ4n) is 5.33. The highest BCUT2D eigenvalue weighted by Gasteiger charge is 2.21. The molecule has 48 heavy (non-hydrogen) atoms. The molecule has 3 heterocycles. The summed E-state index contributed by atoms with van der Waals surface area (Å²) in [6.07, 6.45) is 0. The predicted molar refractivity (Wildman–Crippen MR) is 186 cm³/mol. The highest BCUT2D eigenvalue weighted by atomic mass is 15.2. The second-order valence-electron chi connectivity index (χ2n) is 10.6. The van der Waals surface area contributed by atoms with Gasteiger partial charge in [-0.15, -0.1) is 0 Å². The molecule has 0 unspecified atom stereocenters. The quantitative estimate of drug-likeness (QED) is 0.152. The molecule has 0 amide bonds. The Bertz CT molecular complexity index is 2230. The standard InChI is InChI=1S/C33H27N15/c34-28-40-25(41-29(35)46-28)19-10-6-16(7-11-19)21-14-22(17-4-2-1-3-5-17)24(27-44-32(38)48-33(39)45-27)23(15-21)18-8-12-20(13-9-18)26-42-30(36)47-31(37)43-26/h1-15H,(H4,34,35,40,41,46)(H4,36,37,42,43,47)(H4,38,39,44,45,48). The summed E-state index contributed by atoms with van der Waals surface area (Å²) < 4.78 is 0. The smallest absolute Gasteiger partial charge is 0.225 e. The topological polar surface area (TPSA) is 272 Å². The molecule has 0 aliphatic heterocycles. The van der Waals surface area contributed by atoms with Crippen LogP contribution in [0.15, 0.2) is 91.0 Å². The molecular formula is C33H27N15. The van der Waals surface area contributed by atoms with Crippen molar-refractivity contribution < 1.29 is 0 Å². The van der Waals surface area contributed by atoms with Crippen molar-refractivity contribution in [1.82, 2.24) is 44.9 Å². The molecule has 0 spiro atoms. The molecule has 0 radical (unpaired) electrons. The minimum Gasteiger partial charge on any atom is -0.368 e. The molecule has 0 aliphatic carbocycles. The lowest BCUT2D eigenvalue weighted by molar-refractivity contribution is 1.08. The molecular weight excluding hydrogens is 606 g/mol. The number of anilines is 6. The first-order valence-electron chi connectivity index (χ1n) is 14.5. The van der Waals surface area contributed by atoms with E-state index < -0.39 is 0 Å². The van der Waals surface area contributed by atoms with Gasteiger partial charge in [-0.1, -0.05) is 78.9 Å². The monoisotopic (exact) mass is 633 g/mol. The van der Waals surface area contributed by atoms with Gasteiger partial charge in [0.1, 0.15) is 0 Å². The average Bonchev–Trinajstić information content (AvgIpc) is 3.07. The Morgan fingerprint density at radius 1 is 0.292 bits per heavy atom. The number of hydrogen-bond donors (Lipinski definition) is 6. The Morgan fingerprint density at radius 2 is 0.625 bits per heavy atom. The van der Waals surface area contributed by atoms with E-state index >= 15 is 0 Å². The van der Waals surface area contributed by atoms with Crippen molar-refractivity contribution in [2.24, 2.45) is 0 Å². The van der Waals surface area contributed by atoms with E-state index in [1.165, 1.54) is 0 Å². The second-order valence-corrected chi connectivity index (χ2v) is 10.6. The zero-order valence-electron chi connectivity index (χ0n) is 25.1. The highest BCUT2D eigenvalue weighted by Crippen LogP contribution is 2.43. The molecule has 0 atom stereocenters. The summed E-state index contributed by atoms with van der Waals surface area (Å²) in [5.41, 5.74) is 42.8. The van der Waals surface area contributed by atoms with Gasteiger partial charge in [-0.3, -0.25) is 0 Å². The summed E-state index contributed by atoms with van der Waals surface area (Å²) in [5.74, 6) is 1.20. The summed E-state index contributed by atoms with van der Waals surface area (Å²) in [6, 6.07) is 29.4. The van der Waals surface area contributed by atoms with E-state index in [1.807, 2.05) is 78.9 Å².